The second-order valence-corrected chi connectivity index (χ2v) is 4.90. The summed E-state index contributed by atoms with van der Waals surface area (Å²) in [7, 11) is 0. The van der Waals surface area contributed by atoms with Crippen LogP contribution in [0.3, 0.4) is 0 Å². The molecule has 0 N–H and O–H groups in total. The maximum absolute atomic E-state index is 11.1. The van der Waals surface area contributed by atoms with Crippen LogP contribution in [0.15, 0.2) is 43.0 Å². The second-order valence-electron chi connectivity index (χ2n) is 4.24. The van der Waals surface area contributed by atoms with E-state index in [4.69, 9.17) is 0 Å². The minimum Gasteiger partial charge on any atom is -0.212 e. The van der Waals surface area contributed by atoms with E-state index in [-0.39, 0.29) is 5.41 Å². The highest BCUT2D eigenvalue weighted by molar-refractivity contribution is 7.67. The molecule has 1 aromatic rings. The Bertz CT molecular complexity index is 386. The van der Waals surface area contributed by atoms with Gasteiger partial charge in [0.2, 0.25) is 0 Å². The number of rotatable bonds is 4. The van der Waals surface area contributed by atoms with Gasteiger partial charge in [-0.15, -0.1) is 6.58 Å². The molecule has 80 valence electrons. The molecule has 0 atom stereocenters. The SMILES string of the molecule is C=CC(C)(C)CC(=S=O)c1ccccc1. The quantitative estimate of drug-likeness (QED) is 0.433. The summed E-state index contributed by atoms with van der Waals surface area (Å²) in [6, 6.07) is 9.80. The standard InChI is InChI=1S/C13H16OS/c1-4-13(2,3)10-12(15-14)11-8-6-5-7-9-11/h4-9H,1,10H2,2-3H3. The molecule has 0 aliphatic heterocycles. The first kappa shape index (κ1) is 11.9. The highest BCUT2D eigenvalue weighted by Gasteiger charge is 2.17. The van der Waals surface area contributed by atoms with E-state index < -0.39 is 0 Å². The Morgan fingerprint density at radius 2 is 2.00 bits per heavy atom. The Kier molecular flexibility index (Phi) is 4.04. The molecule has 0 aliphatic rings. The number of allylic oxidation sites excluding steroid dienone is 1. The maximum atomic E-state index is 11.1. The summed E-state index contributed by atoms with van der Waals surface area (Å²) >= 11 is 0.584. The van der Waals surface area contributed by atoms with Crippen LogP contribution in [-0.4, -0.2) is 9.07 Å². The lowest BCUT2D eigenvalue weighted by Gasteiger charge is -2.19. The number of hydrogen-bond acceptors (Lipinski definition) is 1. The molecule has 0 saturated carbocycles. The largest absolute Gasteiger partial charge is 0.212 e. The van der Waals surface area contributed by atoms with Crippen LogP contribution in [0.4, 0.5) is 0 Å². The lowest BCUT2D eigenvalue weighted by Crippen LogP contribution is -2.15. The average Bonchev–Trinajstić information content (AvgIpc) is 2.27. The smallest absolute Gasteiger partial charge is 0.0927 e. The van der Waals surface area contributed by atoms with Gasteiger partial charge in [-0.25, -0.2) is 4.21 Å². The summed E-state index contributed by atoms with van der Waals surface area (Å²) in [6.07, 6.45) is 2.64. The fourth-order valence-corrected chi connectivity index (χ4v) is 1.95. The van der Waals surface area contributed by atoms with Gasteiger partial charge in [0, 0.05) is 0 Å². The molecule has 0 radical (unpaired) electrons. The van der Waals surface area contributed by atoms with Gasteiger partial charge in [0.15, 0.2) is 0 Å². The third kappa shape index (κ3) is 3.48. The van der Waals surface area contributed by atoms with Gasteiger partial charge < -0.3 is 0 Å². The molecule has 0 saturated heterocycles. The Morgan fingerprint density at radius 1 is 1.40 bits per heavy atom. The first-order chi connectivity index (χ1) is 7.09. The Morgan fingerprint density at radius 3 is 2.47 bits per heavy atom. The van der Waals surface area contributed by atoms with E-state index in [0.29, 0.717) is 11.3 Å². The van der Waals surface area contributed by atoms with Gasteiger partial charge in [0.25, 0.3) is 0 Å². The van der Waals surface area contributed by atoms with Crippen LogP contribution in [0.2, 0.25) is 0 Å². The molecule has 0 heterocycles. The van der Waals surface area contributed by atoms with Crippen molar-refractivity contribution in [3.05, 3.63) is 48.6 Å². The van der Waals surface area contributed by atoms with Crippen molar-refractivity contribution in [1.82, 2.24) is 0 Å². The molecule has 0 fully saturated rings. The average molecular weight is 220 g/mol. The number of benzene rings is 1. The van der Waals surface area contributed by atoms with E-state index in [1.165, 1.54) is 0 Å². The zero-order valence-electron chi connectivity index (χ0n) is 9.19. The molecule has 15 heavy (non-hydrogen) atoms. The van der Waals surface area contributed by atoms with Crippen LogP contribution in [0.5, 0.6) is 0 Å². The molecule has 1 nitrogen and oxygen atoms in total. The van der Waals surface area contributed by atoms with Crippen molar-refractivity contribution in [3.63, 3.8) is 0 Å². The van der Waals surface area contributed by atoms with Crippen molar-refractivity contribution >= 4 is 16.1 Å². The maximum Gasteiger partial charge on any atom is 0.0927 e. The lowest BCUT2D eigenvalue weighted by molar-refractivity contribution is 0.508. The summed E-state index contributed by atoms with van der Waals surface area (Å²) in [5, 5.41) is 0. The van der Waals surface area contributed by atoms with Crippen molar-refractivity contribution in [2.75, 3.05) is 0 Å². The zero-order chi connectivity index (χ0) is 11.3. The summed E-state index contributed by atoms with van der Waals surface area (Å²) in [5.74, 6) is 0. The Hall–Kier alpha value is -1.15. The van der Waals surface area contributed by atoms with Crippen molar-refractivity contribution in [2.24, 2.45) is 5.41 Å². The van der Waals surface area contributed by atoms with E-state index in [9.17, 15) is 4.21 Å². The van der Waals surface area contributed by atoms with Crippen molar-refractivity contribution in [2.45, 2.75) is 20.3 Å². The molecular formula is C13H16OS. The molecule has 0 bridgehead atoms. The molecule has 0 unspecified atom stereocenters. The van der Waals surface area contributed by atoms with Crippen LogP contribution in [0, 0.1) is 5.41 Å². The van der Waals surface area contributed by atoms with E-state index in [2.05, 4.69) is 20.4 Å². The Labute approximate surface area is 94.9 Å². The van der Waals surface area contributed by atoms with Gasteiger partial charge in [-0.2, -0.15) is 0 Å². The van der Waals surface area contributed by atoms with Gasteiger partial charge in [0.05, 0.1) is 16.1 Å². The highest BCUT2D eigenvalue weighted by atomic mass is 32.1. The highest BCUT2D eigenvalue weighted by Crippen LogP contribution is 2.23. The molecular weight excluding hydrogens is 204 g/mol. The minimum atomic E-state index is -0.0252. The molecule has 1 rings (SSSR count). The second kappa shape index (κ2) is 5.08. The van der Waals surface area contributed by atoms with E-state index >= 15 is 0 Å². The molecule has 0 spiro atoms. The fraction of sp³-hybridized carbons (Fsp3) is 0.308. The molecule has 0 aromatic heterocycles. The van der Waals surface area contributed by atoms with Gasteiger partial charge >= 0.3 is 0 Å². The van der Waals surface area contributed by atoms with Gasteiger partial charge in [0.1, 0.15) is 0 Å². The fourth-order valence-electron chi connectivity index (χ4n) is 1.29. The Balaban J connectivity index is 2.94. The van der Waals surface area contributed by atoms with E-state index in [1.807, 2.05) is 36.4 Å². The molecule has 0 amide bonds. The third-order valence-corrected chi connectivity index (χ3v) is 2.95. The zero-order valence-corrected chi connectivity index (χ0v) is 10.0. The molecule has 1 aromatic carbocycles. The van der Waals surface area contributed by atoms with Crippen LogP contribution >= 0.6 is 0 Å². The van der Waals surface area contributed by atoms with Gasteiger partial charge in [-0.05, 0) is 17.4 Å². The first-order valence-electron chi connectivity index (χ1n) is 4.94. The van der Waals surface area contributed by atoms with Gasteiger partial charge in [-0.1, -0.05) is 50.3 Å². The predicted octanol–water partition coefficient (Wildman–Crippen LogP) is 3.02. The minimum absolute atomic E-state index is 0.0252. The van der Waals surface area contributed by atoms with Crippen LogP contribution < -0.4 is 0 Å². The summed E-state index contributed by atoms with van der Waals surface area (Å²) in [4.78, 5) is 0.875. The first-order valence-corrected chi connectivity index (χ1v) is 5.68. The summed E-state index contributed by atoms with van der Waals surface area (Å²) < 4.78 is 11.1. The van der Waals surface area contributed by atoms with E-state index in [1.54, 1.807) is 0 Å². The topological polar surface area (TPSA) is 17.1 Å². The van der Waals surface area contributed by atoms with E-state index in [0.717, 1.165) is 16.8 Å². The third-order valence-electron chi connectivity index (χ3n) is 2.37. The summed E-state index contributed by atoms with van der Waals surface area (Å²) in [5.41, 5.74) is 0.996. The predicted molar refractivity (Wildman–Crippen MR) is 67.3 cm³/mol. The van der Waals surface area contributed by atoms with Crippen molar-refractivity contribution in [3.8, 4) is 0 Å². The monoisotopic (exact) mass is 220 g/mol. The van der Waals surface area contributed by atoms with Crippen molar-refractivity contribution in [1.29, 1.82) is 0 Å². The van der Waals surface area contributed by atoms with Gasteiger partial charge in [-0.3, -0.25) is 0 Å². The summed E-state index contributed by atoms with van der Waals surface area (Å²) in [6.45, 7) is 7.95. The number of hydrogen-bond donors (Lipinski definition) is 0. The van der Waals surface area contributed by atoms with Crippen molar-refractivity contribution < 1.29 is 4.21 Å². The van der Waals surface area contributed by atoms with Crippen LogP contribution in [-0.2, 0) is 11.3 Å². The van der Waals surface area contributed by atoms with Crippen LogP contribution in [0.25, 0.3) is 0 Å². The molecule has 2 heteroatoms. The normalized spacial score (nSPS) is 10.8. The lowest BCUT2D eigenvalue weighted by atomic mass is 9.86. The molecule has 0 aliphatic carbocycles. The van der Waals surface area contributed by atoms with Crippen LogP contribution in [0.1, 0.15) is 25.8 Å².